The molecular weight excluding hydrogens is 328 g/mol. The summed E-state index contributed by atoms with van der Waals surface area (Å²) in [6.45, 7) is 12.5. The van der Waals surface area contributed by atoms with Crippen LogP contribution in [0, 0.1) is 11.8 Å². The van der Waals surface area contributed by atoms with Gasteiger partial charge in [0.05, 0.1) is 11.7 Å². The quantitative estimate of drug-likeness (QED) is 0.280. The monoisotopic (exact) mass is 368 g/mol. The largest absolute Gasteiger partial charge is 0.460 e. The molecule has 0 heterocycles. The van der Waals surface area contributed by atoms with Crippen LogP contribution in [0.4, 0.5) is 0 Å². The van der Waals surface area contributed by atoms with Gasteiger partial charge < -0.3 is 14.6 Å². The number of methoxy groups -OCH3 is 1. The van der Waals surface area contributed by atoms with Crippen molar-refractivity contribution in [1.82, 2.24) is 0 Å². The molecule has 0 rings (SSSR count). The third-order valence-corrected chi connectivity index (χ3v) is 4.45. The van der Waals surface area contributed by atoms with Gasteiger partial charge in [0.15, 0.2) is 0 Å². The van der Waals surface area contributed by atoms with Gasteiger partial charge in [-0.15, -0.1) is 0 Å². The molecule has 152 valence electrons. The van der Waals surface area contributed by atoms with E-state index in [2.05, 4.69) is 26.8 Å². The summed E-state index contributed by atoms with van der Waals surface area (Å²) in [7, 11) is 1.76. The first-order chi connectivity index (χ1) is 12.1. The van der Waals surface area contributed by atoms with E-state index in [9.17, 15) is 9.90 Å². The van der Waals surface area contributed by atoms with Gasteiger partial charge in [-0.2, -0.15) is 0 Å². The molecule has 0 aromatic carbocycles. The highest BCUT2D eigenvalue weighted by Gasteiger charge is 2.15. The van der Waals surface area contributed by atoms with E-state index >= 15 is 0 Å². The molecule has 0 spiro atoms. The SMILES string of the molecule is COC(C)(C)CCC[C@H](C)C/C=C/C(C)=C/C(=O)OCC(O)CC(C)C. The molecule has 0 saturated heterocycles. The van der Waals surface area contributed by atoms with Crippen molar-refractivity contribution >= 4 is 5.97 Å². The summed E-state index contributed by atoms with van der Waals surface area (Å²) < 4.78 is 10.5. The van der Waals surface area contributed by atoms with Crippen LogP contribution in [0.2, 0.25) is 0 Å². The van der Waals surface area contributed by atoms with Crippen LogP contribution in [0.15, 0.2) is 23.8 Å². The fourth-order valence-electron chi connectivity index (χ4n) is 2.65. The van der Waals surface area contributed by atoms with Crippen LogP contribution in [0.3, 0.4) is 0 Å². The van der Waals surface area contributed by atoms with E-state index in [1.807, 2.05) is 26.8 Å². The Balaban J connectivity index is 4.10. The number of aliphatic hydroxyl groups is 1. The van der Waals surface area contributed by atoms with Crippen LogP contribution in [0.25, 0.3) is 0 Å². The second kappa shape index (κ2) is 13.1. The second-order valence-corrected chi connectivity index (χ2v) is 8.40. The first-order valence-corrected chi connectivity index (χ1v) is 9.80. The molecule has 4 nitrogen and oxygen atoms in total. The first kappa shape index (κ1) is 24.9. The molecule has 0 aromatic rings. The number of carbonyl (C=O) groups is 1. The minimum Gasteiger partial charge on any atom is -0.460 e. The lowest BCUT2D eigenvalue weighted by atomic mass is 9.95. The Labute approximate surface area is 160 Å². The highest BCUT2D eigenvalue weighted by molar-refractivity contribution is 5.83. The summed E-state index contributed by atoms with van der Waals surface area (Å²) in [5, 5.41) is 9.72. The maximum Gasteiger partial charge on any atom is 0.331 e. The van der Waals surface area contributed by atoms with Gasteiger partial charge >= 0.3 is 5.97 Å². The predicted octanol–water partition coefficient (Wildman–Crippen LogP) is 5.06. The number of allylic oxidation sites excluding steroid dienone is 3. The van der Waals surface area contributed by atoms with Gasteiger partial charge in [0, 0.05) is 13.2 Å². The third-order valence-electron chi connectivity index (χ3n) is 4.45. The van der Waals surface area contributed by atoms with E-state index in [-0.39, 0.29) is 12.2 Å². The summed E-state index contributed by atoms with van der Waals surface area (Å²) in [6, 6.07) is 0. The number of carbonyl (C=O) groups excluding carboxylic acids is 1. The minimum atomic E-state index is -0.591. The van der Waals surface area contributed by atoms with Crippen LogP contribution >= 0.6 is 0 Å². The van der Waals surface area contributed by atoms with Crippen molar-refractivity contribution in [1.29, 1.82) is 0 Å². The second-order valence-electron chi connectivity index (χ2n) is 8.40. The Morgan fingerprint density at radius 2 is 1.88 bits per heavy atom. The number of aliphatic hydroxyl groups excluding tert-OH is 1. The predicted molar refractivity (Wildman–Crippen MR) is 108 cm³/mol. The minimum absolute atomic E-state index is 0.0437. The molecule has 1 unspecified atom stereocenters. The topological polar surface area (TPSA) is 55.8 Å². The van der Waals surface area contributed by atoms with Crippen LogP contribution < -0.4 is 0 Å². The molecule has 0 fully saturated rings. The first-order valence-electron chi connectivity index (χ1n) is 9.80. The van der Waals surface area contributed by atoms with Crippen LogP contribution in [-0.4, -0.2) is 36.5 Å². The van der Waals surface area contributed by atoms with Gasteiger partial charge in [0.25, 0.3) is 0 Å². The van der Waals surface area contributed by atoms with E-state index in [0.29, 0.717) is 18.3 Å². The summed E-state index contributed by atoms with van der Waals surface area (Å²) in [5.41, 5.74) is 0.818. The number of esters is 1. The molecule has 4 heteroatoms. The Morgan fingerprint density at radius 1 is 1.23 bits per heavy atom. The van der Waals surface area contributed by atoms with E-state index in [1.165, 1.54) is 6.08 Å². The fraction of sp³-hybridized carbons (Fsp3) is 0.773. The van der Waals surface area contributed by atoms with Crippen molar-refractivity contribution in [2.24, 2.45) is 11.8 Å². The maximum atomic E-state index is 11.7. The summed E-state index contributed by atoms with van der Waals surface area (Å²) in [5.74, 6) is 0.584. The van der Waals surface area contributed by atoms with Gasteiger partial charge in [-0.05, 0) is 57.4 Å². The molecule has 0 aliphatic rings. The van der Waals surface area contributed by atoms with Crippen molar-refractivity contribution in [2.45, 2.75) is 85.4 Å². The summed E-state index contributed by atoms with van der Waals surface area (Å²) >= 11 is 0. The molecule has 0 saturated carbocycles. The molecule has 0 radical (unpaired) electrons. The number of rotatable bonds is 13. The normalized spacial score (nSPS) is 15.5. The van der Waals surface area contributed by atoms with Crippen LogP contribution in [0.1, 0.15) is 73.6 Å². The van der Waals surface area contributed by atoms with Crippen LogP contribution in [0.5, 0.6) is 0 Å². The fourth-order valence-corrected chi connectivity index (χ4v) is 2.65. The van der Waals surface area contributed by atoms with Gasteiger partial charge in [-0.3, -0.25) is 0 Å². The van der Waals surface area contributed by atoms with E-state index in [1.54, 1.807) is 7.11 Å². The van der Waals surface area contributed by atoms with Crippen molar-refractivity contribution in [3.63, 3.8) is 0 Å². The van der Waals surface area contributed by atoms with Crippen molar-refractivity contribution < 1.29 is 19.4 Å². The number of hydrogen-bond donors (Lipinski definition) is 1. The lowest BCUT2D eigenvalue weighted by Gasteiger charge is -2.23. The van der Waals surface area contributed by atoms with Crippen molar-refractivity contribution in [2.75, 3.05) is 13.7 Å². The van der Waals surface area contributed by atoms with Gasteiger partial charge in [-0.1, -0.05) is 45.8 Å². The van der Waals surface area contributed by atoms with Gasteiger partial charge in [0.1, 0.15) is 6.61 Å². The molecule has 26 heavy (non-hydrogen) atoms. The average molecular weight is 369 g/mol. The molecule has 0 aromatic heterocycles. The molecule has 0 amide bonds. The molecule has 1 N–H and O–H groups in total. The Kier molecular flexibility index (Phi) is 12.5. The van der Waals surface area contributed by atoms with E-state index < -0.39 is 12.1 Å². The highest BCUT2D eigenvalue weighted by Crippen LogP contribution is 2.20. The molecule has 0 bridgehead atoms. The molecule has 0 aliphatic carbocycles. The molecule has 2 atom stereocenters. The van der Waals surface area contributed by atoms with Crippen molar-refractivity contribution in [3.8, 4) is 0 Å². The zero-order chi connectivity index (χ0) is 20.2. The lowest BCUT2D eigenvalue weighted by molar-refractivity contribution is -0.141. The molecule has 0 aliphatic heterocycles. The van der Waals surface area contributed by atoms with Crippen LogP contribution in [-0.2, 0) is 14.3 Å². The smallest absolute Gasteiger partial charge is 0.331 e. The highest BCUT2D eigenvalue weighted by atomic mass is 16.5. The zero-order valence-electron chi connectivity index (χ0n) is 17.9. The third kappa shape index (κ3) is 14.1. The Morgan fingerprint density at radius 3 is 2.46 bits per heavy atom. The summed E-state index contributed by atoms with van der Waals surface area (Å²) in [4.78, 5) is 11.7. The Hall–Kier alpha value is -1.13. The number of hydrogen-bond acceptors (Lipinski definition) is 4. The maximum absolute atomic E-state index is 11.7. The van der Waals surface area contributed by atoms with Gasteiger partial charge in [-0.25, -0.2) is 4.79 Å². The average Bonchev–Trinajstić information content (AvgIpc) is 2.52. The Bertz CT molecular complexity index is 449. The van der Waals surface area contributed by atoms with E-state index in [0.717, 1.165) is 31.3 Å². The summed E-state index contributed by atoms with van der Waals surface area (Å²) in [6.07, 6.45) is 9.95. The zero-order valence-corrected chi connectivity index (χ0v) is 17.9. The lowest BCUT2D eigenvalue weighted by Crippen LogP contribution is -2.22. The van der Waals surface area contributed by atoms with Gasteiger partial charge in [0.2, 0.25) is 0 Å². The molecular formula is C22H40O4. The van der Waals surface area contributed by atoms with E-state index in [4.69, 9.17) is 9.47 Å². The standard InChI is InChI=1S/C22H40O4/c1-17(2)14-20(23)16-26-21(24)15-19(4)11-8-10-18(3)12-9-13-22(5,6)25-7/h8,11,15,17-18,20,23H,9-10,12-14,16H2,1-7H3/b11-8+,19-15+/t18-,20?/m1/s1. The van der Waals surface area contributed by atoms with Crippen molar-refractivity contribution in [3.05, 3.63) is 23.8 Å². The number of ether oxygens (including phenoxy) is 2.